The molecule has 0 unspecified atom stereocenters. The number of rotatable bonds is 5. The first-order valence-electron chi connectivity index (χ1n) is 5.46. The minimum atomic E-state index is 0.768. The highest BCUT2D eigenvalue weighted by Crippen LogP contribution is 2.21. The number of hydrogen-bond donors (Lipinski definition) is 1. The van der Waals surface area contributed by atoms with Gasteiger partial charge in [0.1, 0.15) is 11.6 Å². The summed E-state index contributed by atoms with van der Waals surface area (Å²) in [6.07, 6.45) is 1.05. The Morgan fingerprint density at radius 2 is 2.24 bits per heavy atom. The van der Waals surface area contributed by atoms with E-state index in [1.807, 2.05) is 18.5 Å². The second-order valence-corrected chi connectivity index (χ2v) is 6.40. The smallest absolute Gasteiger partial charge is 0.146 e. The first kappa shape index (κ1) is 12.7. The van der Waals surface area contributed by atoms with Gasteiger partial charge in [0.25, 0.3) is 0 Å². The molecule has 4 nitrogen and oxygen atoms in total. The lowest BCUT2D eigenvalue weighted by molar-refractivity contribution is 0.635. The van der Waals surface area contributed by atoms with E-state index in [1.54, 1.807) is 11.3 Å². The van der Waals surface area contributed by atoms with Crippen molar-refractivity contribution in [3.05, 3.63) is 32.4 Å². The van der Waals surface area contributed by atoms with Crippen molar-refractivity contribution < 1.29 is 0 Å². The maximum Gasteiger partial charge on any atom is 0.146 e. The summed E-state index contributed by atoms with van der Waals surface area (Å²) in [7, 11) is 1.99. The summed E-state index contributed by atoms with van der Waals surface area (Å²) < 4.78 is 3.20. The van der Waals surface area contributed by atoms with Gasteiger partial charge in [0, 0.05) is 18.5 Å². The lowest BCUT2D eigenvalue weighted by atomic mass is 10.3. The molecule has 92 valence electrons. The summed E-state index contributed by atoms with van der Waals surface area (Å²) >= 11 is 5.25. The topological polar surface area (TPSA) is 42.7 Å². The average Bonchev–Trinajstić information content (AvgIpc) is 2.84. The highest BCUT2D eigenvalue weighted by Gasteiger charge is 2.03. The normalized spacial score (nSPS) is 11.0. The van der Waals surface area contributed by atoms with Gasteiger partial charge in [-0.1, -0.05) is 0 Å². The van der Waals surface area contributed by atoms with Crippen LogP contribution in [0.25, 0.3) is 0 Å². The maximum absolute atomic E-state index is 4.11. The SMILES string of the molecule is Cc1nnc(CNCCc2ccc(Br)s2)n1C. The Kier molecular flexibility index (Phi) is 4.31. The van der Waals surface area contributed by atoms with Crippen molar-refractivity contribution in [2.45, 2.75) is 19.9 Å². The molecule has 0 aromatic carbocycles. The zero-order valence-corrected chi connectivity index (χ0v) is 12.3. The first-order chi connectivity index (χ1) is 8.16. The van der Waals surface area contributed by atoms with E-state index in [4.69, 9.17) is 0 Å². The Labute approximate surface area is 113 Å². The van der Waals surface area contributed by atoms with E-state index in [9.17, 15) is 0 Å². The second kappa shape index (κ2) is 5.75. The van der Waals surface area contributed by atoms with Gasteiger partial charge in [-0.3, -0.25) is 0 Å². The largest absolute Gasteiger partial charge is 0.317 e. The van der Waals surface area contributed by atoms with Crippen molar-refractivity contribution in [1.29, 1.82) is 0 Å². The molecule has 0 saturated carbocycles. The summed E-state index contributed by atoms with van der Waals surface area (Å²) in [6, 6.07) is 4.24. The average molecular weight is 315 g/mol. The third-order valence-corrected chi connectivity index (χ3v) is 4.33. The van der Waals surface area contributed by atoms with Gasteiger partial charge in [-0.2, -0.15) is 0 Å². The van der Waals surface area contributed by atoms with Crippen LogP contribution in [0.15, 0.2) is 15.9 Å². The van der Waals surface area contributed by atoms with Gasteiger partial charge in [0.15, 0.2) is 0 Å². The van der Waals surface area contributed by atoms with E-state index in [1.165, 1.54) is 8.66 Å². The predicted octanol–water partition coefficient (Wildman–Crippen LogP) is 2.28. The van der Waals surface area contributed by atoms with Crippen molar-refractivity contribution in [2.75, 3.05) is 6.54 Å². The Morgan fingerprint density at radius 3 is 2.82 bits per heavy atom. The fourth-order valence-electron chi connectivity index (χ4n) is 1.50. The molecule has 6 heteroatoms. The Morgan fingerprint density at radius 1 is 1.41 bits per heavy atom. The summed E-state index contributed by atoms with van der Waals surface area (Å²) in [5, 5.41) is 11.5. The molecular weight excluding hydrogens is 300 g/mol. The lowest BCUT2D eigenvalue weighted by Crippen LogP contribution is -2.18. The number of hydrogen-bond acceptors (Lipinski definition) is 4. The molecule has 2 aromatic rings. The van der Waals surface area contributed by atoms with Gasteiger partial charge in [0.05, 0.1) is 10.3 Å². The van der Waals surface area contributed by atoms with Crippen LogP contribution in [-0.2, 0) is 20.0 Å². The van der Waals surface area contributed by atoms with Crippen LogP contribution >= 0.6 is 27.3 Å². The van der Waals surface area contributed by atoms with E-state index in [0.29, 0.717) is 0 Å². The third kappa shape index (κ3) is 3.37. The van der Waals surface area contributed by atoms with E-state index in [-0.39, 0.29) is 0 Å². The number of nitrogens with one attached hydrogen (secondary N) is 1. The predicted molar refractivity (Wildman–Crippen MR) is 73.2 cm³/mol. The summed E-state index contributed by atoms with van der Waals surface area (Å²) in [6.45, 7) is 3.68. The fourth-order valence-corrected chi connectivity index (χ4v) is 2.99. The van der Waals surface area contributed by atoms with Crippen LogP contribution < -0.4 is 5.32 Å². The Bertz CT molecular complexity index is 491. The van der Waals surface area contributed by atoms with Gasteiger partial charge in [0.2, 0.25) is 0 Å². The third-order valence-electron chi connectivity index (χ3n) is 2.64. The molecule has 0 amide bonds. The van der Waals surface area contributed by atoms with E-state index in [2.05, 4.69) is 43.6 Å². The maximum atomic E-state index is 4.11. The molecule has 0 bridgehead atoms. The molecular formula is C11H15BrN4S. The highest BCUT2D eigenvalue weighted by molar-refractivity contribution is 9.11. The van der Waals surface area contributed by atoms with Gasteiger partial charge in [-0.05, 0) is 41.4 Å². The lowest BCUT2D eigenvalue weighted by Gasteiger charge is -2.03. The minimum Gasteiger partial charge on any atom is -0.317 e. The summed E-state index contributed by atoms with van der Waals surface area (Å²) in [4.78, 5) is 1.39. The molecule has 17 heavy (non-hydrogen) atoms. The number of aryl methyl sites for hydroxylation is 1. The zero-order chi connectivity index (χ0) is 12.3. The highest BCUT2D eigenvalue weighted by atomic mass is 79.9. The number of aromatic nitrogens is 3. The molecule has 0 fully saturated rings. The van der Waals surface area contributed by atoms with Gasteiger partial charge >= 0.3 is 0 Å². The van der Waals surface area contributed by atoms with E-state index < -0.39 is 0 Å². The second-order valence-electron chi connectivity index (χ2n) is 3.86. The van der Waals surface area contributed by atoms with Crippen molar-refractivity contribution in [3.8, 4) is 0 Å². The van der Waals surface area contributed by atoms with Gasteiger partial charge in [-0.25, -0.2) is 0 Å². The molecule has 0 atom stereocenters. The molecule has 0 aliphatic heterocycles. The van der Waals surface area contributed by atoms with Crippen LogP contribution in [0, 0.1) is 6.92 Å². The molecule has 0 aliphatic carbocycles. The van der Waals surface area contributed by atoms with E-state index >= 15 is 0 Å². The molecule has 2 heterocycles. The van der Waals surface area contributed by atoms with Gasteiger partial charge < -0.3 is 9.88 Å². The fraction of sp³-hybridized carbons (Fsp3) is 0.455. The number of halogens is 1. The van der Waals surface area contributed by atoms with Crippen molar-refractivity contribution in [2.24, 2.45) is 7.05 Å². The molecule has 2 rings (SSSR count). The van der Waals surface area contributed by atoms with Crippen molar-refractivity contribution in [3.63, 3.8) is 0 Å². The van der Waals surface area contributed by atoms with Crippen molar-refractivity contribution >= 4 is 27.3 Å². The van der Waals surface area contributed by atoms with E-state index in [0.717, 1.165) is 31.2 Å². The zero-order valence-electron chi connectivity index (χ0n) is 9.90. The molecule has 1 N–H and O–H groups in total. The molecule has 0 aliphatic rings. The van der Waals surface area contributed by atoms with Crippen LogP contribution in [0.3, 0.4) is 0 Å². The number of nitrogens with zero attached hydrogens (tertiary/aromatic N) is 3. The molecule has 0 saturated heterocycles. The molecule has 0 radical (unpaired) electrons. The standard InChI is InChI=1S/C11H15BrN4S/c1-8-14-15-11(16(8)2)7-13-6-5-9-3-4-10(12)17-9/h3-4,13H,5-7H2,1-2H3. The van der Waals surface area contributed by atoms with Crippen molar-refractivity contribution in [1.82, 2.24) is 20.1 Å². The Balaban J connectivity index is 1.75. The van der Waals surface area contributed by atoms with Crippen LogP contribution in [0.4, 0.5) is 0 Å². The minimum absolute atomic E-state index is 0.768. The molecule has 0 spiro atoms. The Hall–Kier alpha value is -0.720. The first-order valence-corrected chi connectivity index (χ1v) is 7.07. The molecule has 2 aromatic heterocycles. The van der Waals surface area contributed by atoms with Crippen LogP contribution in [0.1, 0.15) is 16.5 Å². The van der Waals surface area contributed by atoms with Crippen LogP contribution in [-0.4, -0.2) is 21.3 Å². The van der Waals surface area contributed by atoms with Crippen LogP contribution in [0.5, 0.6) is 0 Å². The van der Waals surface area contributed by atoms with Crippen LogP contribution in [0.2, 0.25) is 0 Å². The monoisotopic (exact) mass is 314 g/mol. The summed E-state index contributed by atoms with van der Waals surface area (Å²) in [5.74, 6) is 1.93. The van der Waals surface area contributed by atoms with Gasteiger partial charge in [-0.15, -0.1) is 21.5 Å². The number of thiophene rings is 1. The quantitative estimate of drug-likeness (QED) is 0.861. The summed E-state index contributed by atoms with van der Waals surface area (Å²) in [5.41, 5.74) is 0.